The van der Waals surface area contributed by atoms with Gasteiger partial charge in [-0.15, -0.1) is 0 Å². The second-order valence-corrected chi connectivity index (χ2v) is 4.60. The van der Waals surface area contributed by atoms with Crippen molar-refractivity contribution in [3.8, 4) is 11.1 Å². The SMILES string of the molecule is Cc1cc(C)c(-c2ccc(CF)cc2)c(C)c1. The van der Waals surface area contributed by atoms with Gasteiger partial charge in [0.1, 0.15) is 6.67 Å². The van der Waals surface area contributed by atoms with Crippen molar-refractivity contribution in [2.75, 3.05) is 0 Å². The average Bonchev–Trinajstić information content (AvgIpc) is 2.28. The van der Waals surface area contributed by atoms with Gasteiger partial charge in [-0.05, 0) is 48.6 Å². The minimum Gasteiger partial charge on any atom is -0.246 e. The van der Waals surface area contributed by atoms with Crippen LogP contribution in [-0.4, -0.2) is 0 Å². The van der Waals surface area contributed by atoms with Crippen LogP contribution in [0.2, 0.25) is 0 Å². The van der Waals surface area contributed by atoms with Crippen molar-refractivity contribution in [3.63, 3.8) is 0 Å². The zero-order valence-electron chi connectivity index (χ0n) is 10.5. The number of alkyl halides is 1. The third-order valence-corrected chi connectivity index (χ3v) is 3.07. The van der Waals surface area contributed by atoms with Crippen LogP contribution < -0.4 is 0 Å². The van der Waals surface area contributed by atoms with Gasteiger partial charge in [0.15, 0.2) is 0 Å². The van der Waals surface area contributed by atoms with Crippen LogP contribution in [0.25, 0.3) is 11.1 Å². The van der Waals surface area contributed by atoms with Gasteiger partial charge in [-0.1, -0.05) is 42.0 Å². The summed E-state index contributed by atoms with van der Waals surface area (Å²) >= 11 is 0. The van der Waals surface area contributed by atoms with Gasteiger partial charge in [0.05, 0.1) is 0 Å². The van der Waals surface area contributed by atoms with Crippen molar-refractivity contribution >= 4 is 0 Å². The van der Waals surface area contributed by atoms with E-state index in [2.05, 4.69) is 32.9 Å². The molecule has 0 saturated heterocycles. The molecular weight excluding hydrogens is 211 g/mol. The Labute approximate surface area is 102 Å². The van der Waals surface area contributed by atoms with E-state index in [1.54, 1.807) is 0 Å². The molecule has 0 aliphatic heterocycles. The van der Waals surface area contributed by atoms with Crippen molar-refractivity contribution in [2.24, 2.45) is 0 Å². The van der Waals surface area contributed by atoms with Gasteiger partial charge in [-0.3, -0.25) is 0 Å². The number of hydrogen-bond acceptors (Lipinski definition) is 0. The Hall–Kier alpha value is -1.63. The molecule has 0 spiro atoms. The summed E-state index contributed by atoms with van der Waals surface area (Å²) in [4.78, 5) is 0. The third kappa shape index (κ3) is 2.38. The fraction of sp³-hybridized carbons (Fsp3) is 0.250. The van der Waals surface area contributed by atoms with Crippen molar-refractivity contribution in [2.45, 2.75) is 27.4 Å². The topological polar surface area (TPSA) is 0 Å². The van der Waals surface area contributed by atoms with Gasteiger partial charge < -0.3 is 0 Å². The summed E-state index contributed by atoms with van der Waals surface area (Å²) in [5.74, 6) is 0. The molecule has 0 aromatic heterocycles. The smallest absolute Gasteiger partial charge is 0.115 e. The first-order valence-corrected chi connectivity index (χ1v) is 5.85. The molecule has 0 aliphatic rings. The maximum absolute atomic E-state index is 12.5. The highest BCUT2D eigenvalue weighted by atomic mass is 19.1. The molecule has 0 aliphatic carbocycles. The van der Waals surface area contributed by atoms with E-state index < -0.39 is 6.67 Å². The van der Waals surface area contributed by atoms with E-state index >= 15 is 0 Å². The van der Waals surface area contributed by atoms with Gasteiger partial charge in [0, 0.05) is 0 Å². The second kappa shape index (κ2) is 4.70. The van der Waals surface area contributed by atoms with E-state index in [0.29, 0.717) is 0 Å². The lowest BCUT2D eigenvalue weighted by Gasteiger charge is -2.11. The molecule has 0 amide bonds. The van der Waals surface area contributed by atoms with Crippen LogP contribution in [-0.2, 0) is 6.67 Å². The molecule has 17 heavy (non-hydrogen) atoms. The van der Waals surface area contributed by atoms with Gasteiger partial charge in [-0.2, -0.15) is 0 Å². The monoisotopic (exact) mass is 228 g/mol. The average molecular weight is 228 g/mol. The van der Waals surface area contributed by atoms with Crippen molar-refractivity contribution in [1.29, 1.82) is 0 Å². The molecule has 0 heterocycles. The molecule has 0 bridgehead atoms. The molecule has 0 radical (unpaired) electrons. The normalized spacial score (nSPS) is 10.6. The van der Waals surface area contributed by atoms with Crippen molar-refractivity contribution in [1.82, 2.24) is 0 Å². The first-order valence-electron chi connectivity index (χ1n) is 5.85. The molecule has 2 aromatic carbocycles. The summed E-state index contributed by atoms with van der Waals surface area (Å²) in [7, 11) is 0. The third-order valence-electron chi connectivity index (χ3n) is 3.07. The fourth-order valence-electron chi connectivity index (χ4n) is 2.40. The molecule has 0 atom stereocenters. The number of benzene rings is 2. The molecule has 0 unspecified atom stereocenters. The largest absolute Gasteiger partial charge is 0.246 e. The van der Waals surface area contributed by atoms with Crippen LogP contribution in [0, 0.1) is 20.8 Å². The Balaban J connectivity index is 2.52. The van der Waals surface area contributed by atoms with Crippen LogP contribution in [0.3, 0.4) is 0 Å². The Morgan fingerprint density at radius 3 is 1.88 bits per heavy atom. The molecule has 0 N–H and O–H groups in total. The molecule has 0 saturated carbocycles. The van der Waals surface area contributed by atoms with Gasteiger partial charge in [0.2, 0.25) is 0 Å². The fourth-order valence-corrected chi connectivity index (χ4v) is 2.40. The number of aryl methyl sites for hydroxylation is 3. The number of rotatable bonds is 2. The van der Waals surface area contributed by atoms with E-state index in [9.17, 15) is 4.39 Å². The highest BCUT2D eigenvalue weighted by Crippen LogP contribution is 2.28. The highest BCUT2D eigenvalue weighted by molar-refractivity contribution is 5.71. The van der Waals surface area contributed by atoms with Gasteiger partial charge in [-0.25, -0.2) is 4.39 Å². The lowest BCUT2D eigenvalue weighted by Crippen LogP contribution is -1.90. The van der Waals surface area contributed by atoms with Crippen LogP contribution >= 0.6 is 0 Å². The summed E-state index contributed by atoms with van der Waals surface area (Å²) in [6, 6.07) is 12.1. The second-order valence-electron chi connectivity index (χ2n) is 4.60. The number of halogens is 1. The van der Waals surface area contributed by atoms with Crippen LogP contribution in [0.5, 0.6) is 0 Å². The molecule has 88 valence electrons. The quantitative estimate of drug-likeness (QED) is 0.696. The summed E-state index contributed by atoms with van der Waals surface area (Å²) in [6.45, 7) is 5.96. The maximum atomic E-state index is 12.5. The molecule has 0 nitrogen and oxygen atoms in total. The molecular formula is C16H17F. The van der Waals surface area contributed by atoms with E-state index in [4.69, 9.17) is 0 Å². The Bertz CT molecular complexity index is 501. The molecule has 1 heteroatoms. The van der Waals surface area contributed by atoms with Crippen molar-refractivity contribution < 1.29 is 4.39 Å². The predicted octanol–water partition coefficient (Wildman–Crippen LogP) is 4.75. The standard InChI is InChI=1S/C16H17F/c1-11-8-12(2)16(13(3)9-11)15-6-4-14(10-17)5-7-15/h4-9H,10H2,1-3H3. The molecule has 2 rings (SSSR count). The lowest BCUT2D eigenvalue weighted by atomic mass is 9.93. The zero-order valence-corrected chi connectivity index (χ0v) is 10.5. The first kappa shape index (κ1) is 11.8. The Morgan fingerprint density at radius 2 is 1.41 bits per heavy atom. The van der Waals surface area contributed by atoms with Crippen LogP contribution in [0.1, 0.15) is 22.3 Å². The van der Waals surface area contributed by atoms with Gasteiger partial charge in [0.25, 0.3) is 0 Å². The minimum atomic E-state index is -0.397. The minimum absolute atomic E-state index is 0.397. The summed E-state index contributed by atoms with van der Waals surface area (Å²) in [5, 5.41) is 0. The molecule has 2 aromatic rings. The Morgan fingerprint density at radius 1 is 0.882 bits per heavy atom. The van der Waals surface area contributed by atoms with Gasteiger partial charge >= 0.3 is 0 Å². The number of hydrogen-bond donors (Lipinski definition) is 0. The van der Waals surface area contributed by atoms with E-state index in [1.807, 2.05) is 24.3 Å². The molecule has 0 fully saturated rings. The summed E-state index contributed by atoms with van der Waals surface area (Å²) in [5.41, 5.74) is 6.99. The first-order chi connectivity index (χ1) is 8.11. The van der Waals surface area contributed by atoms with E-state index in [-0.39, 0.29) is 0 Å². The van der Waals surface area contributed by atoms with Crippen LogP contribution in [0.15, 0.2) is 36.4 Å². The van der Waals surface area contributed by atoms with E-state index in [1.165, 1.54) is 22.3 Å². The van der Waals surface area contributed by atoms with Crippen molar-refractivity contribution in [3.05, 3.63) is 58.7 Å². The maximum Gasteiger partial charge on any atom is 0.115 e. The lowest BCUT2D eigenvalue weighted by molar-refractivity contribution is 0.485. The van der Waals surface area contributed by atoms with E-state index in [0.717, 1.165) is 11.1 Å². The Kier molecular flexibility index (Phi) is 3.28. The summed E-state index contributed by atoms with van der Waals surface area (Å²) < 4.78 is 12.5. The zero-order chi connectivity index (χ0) is 12.4. The predicted molar refractivity (Wildman–Crippen MR) is 70.9 cm³/mol. The van der Waals surface area contributed by atoms with Crippen LogP contribution in [0.4, 0.5) is 4.39 Å². The summed E-state index contributed by atoms with van der Waals surface area (Å²) in [6.07, 6.45) is 0. The highest BCUT2D eigenvalue weighted by Gasteiger charge is 2.06.